The lowest BCUT2D eigenvalue weighted by Gasteiger charge is -2.16. The summed E-state index contributed by atoms with van der Waals surface area (Å²) in [5.41, 5.74) is 6.04. The second-order valence-electron chi connectivity index (χ2n) is 5.56. The van der Waals surface area contributed by atoms with E-state index in [2.05, 4.69) is 9.88 Å². The molecule has 3 rings (SSSR count). The first-order chi connectivity index (χ1) is 11.1. The molecule has 0 aliphatic carbocycles. The number of primary amides is 1. The molecule has 0 bridgehead atoms. The molecule has 0 saturated carbocycles. The highest BCUT2D eigenvalue weighted by molar-refractivity contribution is 5.92. The summed E-state index contributed by atoms with van der Waals surface area (Å²) < 4.78 is 20.1. The Morgan fingerprint density at radius 1 is 1.26 bits per heavy atom. The normalized spacial score (nSPS) is 14.8. The minimum Gasteiger partial charge on any atom is -0.436 e. The van der Waals surface area contributed by atoms with Gasteiger partial charge in [-0.25, -0.2) is 9.37 Å². The molecule has 0 spiro atoms. The lowest BCUT2D eigenvalue weighted by atomic mass is 10.2. The molecule has 1 aromatic carbocycles. The molecule has 0 radical (unpaired) electrons. The summed E-state index contributed by atoms with van der Waals surface area (Å²) in [5, 5.41) is 0. The highest BCUT2D eigenvalue weighted by Gasteiger charge is 2.16. The van der Waals surface area contributed by atoms with E-state index in [1.54, 1.807) is 18.2 Å². The molecule has 0 atom stereocenters. The number of aromatic nitrogens is 1. The van der Waals surface area contributed by atoms with Gasteiger partial charge in [-0.2, -0.15) is 0 Å². The molecule has 1 amide bonds. The topological polar surface area (TPSA) is 68.5 Å². The summed E-state index contributed by atoms with van der Waals surface area (Å²) in [7, 11) is 0. The van der Waals surface area contributed by atoms with Gasteiger partial charge in [-0.1, -0.05) is 12.1 Å². The summed E-state index contributed by atoms with van der Waals surface area (Å²) in [5.74, 6) is -0.601. The van der Waals surface area contributed by atoms with Crippen molar-refractivity contribution >= 4 is 5.91 Å². The molecular formula is C17H18FN3O2. The number of halogens is 1. The van der Waals surface area contributed by atoms with Crippen molar-refractivity contribution in [3.8, 4) is 11.6 Å². The Balaban J connectivity index is 1.75. The van der Waals surface area contributed by atoms with Crippen LogP contribution < -0.4 is 10.5 Å². The Hall–Kier alpha value is -2.47. The molecule has 1 aliphatic rings. The van der Waals surface area contributed by atoms with Crippen molar-refractivity contribution in [3.63, 3.8) is 0 Å². The highest BCUT2D eigenvalue weighted by atomic mass is 19.1. The van der Waals surface area contributed by atoms with Crippen LogP contribution in [-0.4, -0.2) is 28.9 Å². The first-order valence-electron chi connectivity index (χ1n) is 7.57. The van der Waals surface area contributed by atoms with Crippen LogP contribution in [0.4, 0.5) is 4.39 Å². The molecule has 1 aromatic heterocycles. The number of hydrogen-bond donors (Lipinski definition) is 1. The number of nitrogens with two attached hydrogens (primary N) is 1. The summed E-state index contributed by atoms with van der Waals surface area (Å²) in [6, 6.07) is 8.08. The predicted molar refractivity (Wildman–Crippen MR) is 83.7 cm³/mol. The third-order valence-electron chi connectivity index (χ3n) is 3.87. The van der Waals surface area contributed by atoms with Crippen molar-refractivity contribution in [1.82, 2.24) is 9.88 Å². The minimum absolute atomic E-state index is 0.126. The molecule has 120 valence electrons. The molecular weight excluding hydrogens is 297 g/mol. The standard InChI is InChI=1S/C17H18FN3O2/c18-16-13(11-21-8-1-2-9-21)4-3-5-14(16)23-15-7-6-12(10-20-15)17(19)22/h3-7,10H,1-2,8-9,11H2,(H2,19,22). The van der Waals surface area contributed by atoms with Crippen LogP contribution in [0.3, 0.4) is 0 Å². The lowest BCUT2D eigenvalue weighted by Crippen LogP contribution is -2.19. The quantitative estimate of drug-likeness (QED) is 0.921. The van der Waals surface area contributed by atoms with Crippen LogP contribution in [0.1, 0.15) is 28.8 Å². The zero-order valence-corrected chi connectivity index (χ0v) is 12.7. The fraction of sp³-hybridized carbons (Fsp3) is 0.294. The van der Waals surface area contributed by atoms with Crippen molar-refractivity contribution < 1.29 is 13.9 Å². The van der Waals surface area contributed by atoms with E-state index in [1.807, 2.05) is 0 Å². The Kier molecular flexibility index (Phi) is 4.52. The Bertz CT molecular complexity index is 697. The van der Waals surface area contributed by atoms with Crippen molar-refractivity contribution in [2.24, 2.45) is 5.73 Å². The fourth-order valence-electron chi connectivity index (χ4n) is 2.64. The van der Waals surface area contributed by atoms with E-state index in [9.17, 15) is 9.18 Å². The van der Waals surface area contributed by atoms with Gasteiger partial charge >= 0.3 is 0 Å². The SMILES string of the molecule is NC(=O)c1ccc(Oc2cccc(CN3CCCC3)c2F)nc1. The van der Waals surface area contributed by atoms with Crippen molar-refractivity contribution in [1.29, 1.82) is 0 Å². The summed E-state index contributed by atoms with van der Waals surface area (Å²) in [6.07, 6.45) is 3.63. The molecule has 2 aromatic rings. The smallest absolute Gasteiger partial charge is 0.250 e. The second-order valence-corrected chi connectivity index (χ2v) is 5.56. The van der Waals surface area contributed by atoms with Crippen molar-refractivity contribution in [2.45, 2.75) is 19.4 Å². The van der Waals surface area contributed by atoms with Gasteiger partial charge in [0.2, 0.25) is 11.8 Å². The molecule has 6 heteroatoms. The maximum absolute atomic E-state index is 14.6. The van der Waals surface area contributed by atoms with E-state index in [0.29, 0.717) is 12.1 Å². The van der Waals surface area contributed by atoms with Gasteiger partial charge < -0.3 is 10.5 Å². The number of nitrogens with zero attached hydrogens (tertiary/aromatic N) is 2. The molecule has 1 saturated heterocycles. The van der Waals surface area contributed by atoms with E-state index in [4.69, 9.17) is 10.5 Å². The van der Waals surface area contributed by atoms with Crippen LogP contribution in [0.5, 0.6) is 11.6 Å². The van der Waals surface area contributed by atoms with Gasteiger partial charge in [-0.3, -0.25) is 9.69 Å². The minimum atomic E-state index is -0.567. The van der Waals surface area contributed by atoms with Crippen molar-refractivity contribution in [3.05, 3.63) is 53.5 Å². The number of pyridine rings is 1. The predicted octanol–water partition coefficient (Wildman–Crippen LogP) is 2.71. The van der Waals surface area contributed by atoms with E-state index in [1.165, 1.54) is 18.3 Å². The summed E-state index contributed by atoms with van der Waals surface area (Å²) in [6.45, 7) is 2.58. The molecule has 23 heavy (non-hydrogen) atoms. The van der Waals surface area contributed by atoms with Crippen molar-refractivity contribution in [2.75, 3.05) is 13.1 Å². The molecule has 1 fully saturated rings. The van der Waals surface area contributed by atoms with Gasteiger partial charge in [-0.05, 0) is 38.1 Å². The monoisotopic (exact) mass is 315 g/mol. The lowest BCUT2D eigenvalue weighted by molar-refractivity contribution is 0.1000. The van der Waals surface area contributed by atoms with E-state index in [0.717, 1.165) is 25.9 Å². The molecule has 2 heterocycles. The number of ether oxygens (including phenoxy) is 1. The molecule has 0 unspecified atom stereocenters. The van der Waals surface area contributed by atoms with Gasteiger partial charge in [-0.15, -0.1) is 0 Å². The summed E-state index contributed by atoms with van der Waals surface area (Å²) in [4.78, 5) is 17.2. The maximum atomic E-state index is 14.6. The maximum Gasteiger partial charge on any atom is 0.250 e. The second kappa shape index (κ2) is 6.75. The van der Waals surface area contributed by atoms with E-state index < -0.39 is 5.91 Å². The van der Waals surface area contributed by atoms with Gasteiger partial charge in [0.25, 0.3) is 0 Å². The van der Waals surface area contributed by atoms with Gasteiger partial charge in [0.1, 0.15) is 0 Å². The average Bonchev–Trinajstić information content (AvgIpc) is 3.05. The number of benzene rings is 1. The number of likely N-dealkylation sites (tertiary alicyclic amines) is 1. The first kappa shape index (κ1) is 15.4. The van der Waals surface area contributed by atoms with E-state index in [-0.39, 0.29) is 23.0 Å². The van der Waals surface area contributed by atoms with Gasteiger partial charge in [0, 0.05) is 24.4 Å². The van der Waals surface area contributed by atoms with Crippen LogP contribution in [0.15, 0.2) is 36.5 Å². The average molecular weight is 315 g/mol. The number of carbonyl (C=O) groups is 1. The van der Waals surface area contributed by atoms with Gasteiger partial charge in [0.05, 0.1) is 5.56 Å². The summed E-state index contributed by atoms with van der Waals surface area (Å²) >= 11 is 0. The zero-order valence-electron chi connectivity index (χ0n) is 12.7. The van der Waals surface area contributed by atoms with Crippen LogP contribution in [0.2, 0.25) is 0 Å². The fourth-order valence-corrected chi connectivity index (χ4v) is 2.64. The third kappa shape index (κ3) is 3.65. The van der Waals surface area contributed by atoms with Crippen LogP contribution >= 0.6 is 0 Å². The molecule has 2 N–H and O–H groups in total. The Morgan fingerprint density at radius 2 is 2.04 bits per heavy atom. The van der Waals surface area contributed by atoms with Crippen LogP contribution in [0, 0.1) is 5.82 Å². The van der Waals surface area contributed by atoms with Crippen LogP contribution in [0.25, 0.3) is 0 Å². The molecule has 5 nitrogen and oxygen atoms in total. The molecule has 1 aliphatic heterocycles. The van der Waals surface area contributed by atoms with Crippen LogP contribution in [-0.2, 0) is 6.54 Å². The number of rotatable bonds is 5. The highest BCUT2D eigenvalue weighted by Crippen LogP contribution is 2.26. The number of hydrogen-bond acceptors (Lipinski definition) is 4. The number of carbonyl (C=O) groups excluding carboxylic acids is 1. The van der Waals surface area contributed by atoms with E-state index >= 15 is 0 Å². The Labute approximate surface area is 133 Å². The first-order valence-corrected chi connectivity index (χ1v) is 7.57. The zero-order chi connectivity index (χ0) is 16.2. The van der Waals surface area contributed by atoms with Gasteiger partial charge in [0.15, 0.2) is 11.6 Å². The number of amides is 1. The third-order valence-corrected chi connectivity index (χ3v) is 3.87. The largest absolute Gasteiger partial charge is 0.436 e. The Morgan fingerprint density at radius 3 is 2.70 bits per heavy atom.